The number of aryl methyl sites for hydroxylation is 1. The largest absolute Gasteiger partial charge is 0.493 e. The average Bonchev–Trinajstić information content (AvgIpc) is 2.48. The van der Waals surface area contributed by atoms with Crippen molar-refractivity contribution in [2.24, 2.45) is 5.92 Å². The van der Waals surface area contributed by atoms with Crippen LogP contribution in [0.4, 0.5) is 0 Å². The summed E-state index contributed by atoms with van der Waals surface area (Å²) in [6.07, 6.45) is 5.17. The maximum atomic E-state index is 8.75. The summed E-state index contributed by atoms with van der Waals surface area (Å²) < 4.78 is 11.2. The van der Waals surface area contributed by atoms with E-state index in [1.54, 1.807) is 0 Å². The Hall–Kier alpha value is -1.06. The molecule has 0 radical (unpaired) electrons. The highest BCUT2D eigenvalue weighted by Crippen LogP contribution is 2.18. The second kappa shape index (κ2) is 8.18. The standard InChI is InChI=1S/C16H24O3/c17-10-2-1-3-14-4-6-16(7-5-14)19-13-15-8-11-18-12-9-15/h4-7,15,17H,1-3,8-13H2. The minimum Gasteiger partial charge on any atom is -0.493 e. The quantitative estimate of drug-likeness (QED) is 0.770. The van der Waals surface area contributed by atoms with Gasteiger partial charge in [0, 0.05) is 19.8 Å². The number of ether oxygens (including phenoxy) is 2. The Morgan fingerprint density at radius 3 is 2.53 bits per heavy atom. The van der Waals surface area contributed by atoms with Gasteiger partial charge in [-0.2, -0.15) is 0 Å². The van der Waals surface area contributed by atoms with Crippen LogP contribution in [0.3, 0.4) is 0 Å². The average molecular weight is 264 g/mol. The molecule has 0 atom stereocenters. The molecule has 1 N–H and O–H groups in total. The molecule has 0 bridgehead atoms. The van der Waals surface area contributed by atoms with Gasteiger partial charge < -0.3 is 14.6 Å². The lowest BCUT2D eigenvalue weighted by Crippen LogP contribution is -2.21. The molecule has 106 valence electrons. The molecule has 0 aromatic heterocycles. The molecule has 1 aromatic rings. The van der Waals surface area contributed by atoms with Gasteiger partial charge in [0.05, 0.1) is 6.61 Å². The van der Waals surface area contributed by atoms with E-state index in [2.05, 4.69) is 12.1 Å². The van der Waals surface area contributed by atoms with E-state index in [0.717, 1.165) is 57.7 Å². The maximum Gasteiger partial charge on any atom is 0.119 e. The van der Waals surface area contributed by atoms with E-state index in [1.807, 2.05) is 12.1 Å². The maximum absolute atomic E-state index is 8.75. The Morgan fingerprint density at radius 2 is 1.84 bits per heavy atom. The molecule has 0 aliphatic carbocycles. The first-order valence-corrected chi connectivity index (χ1v) is 7.29. The van der Waals surface area contributed by atoms with E-state index in [9.17, 15) is 0 Å². The number of unbranched alkanes of at least 4 members (excludes halogenated alkanes) is 1. The Kier molecular flexibility index (Phi) is 6.18. The minimum atomic E-state index is 0.284. The molecule has 1 saturated heterocycles. The number of hydrogen-bond donors (Lipinski definition) is 1. The van der Waals surface area contributed by atoms with Crippen molar-refractivity contribution in [2.45, 2.75) is 32.1 Å². The molecule has 1 fully saturated rings. The van der Waals surface area contributed by atoms with Crippen LogP contribution < -0.4 is 4.74 Å². The summed E-state index contributed by atoms with van der Waals surface area (Å²) in [5.41, 5.74) is 1.31. The predicted molar refractivity (Wildman–Crippen MR) is 75.5 cm³/mol. The Labute approximate surface area is 115 Å². The third-order valence-corrected chi connectivity index (χ3v) is 3.62. The van der Waals surface area contributed by atoms with Crippen molar-refractivity contribution < 1.29 is 14.6 Å². The Balaban J connectivity index is 1.71. The van der Waals surface area contributed by atoms with Crippen molar-refractivity contribution in [2.75, 3.05) is 26.4 Å². The molecule has 1 aliphatic rings. The molecule has 0 amide bonds. The van der Waals surface area contributed by atoms with Crippen LogP contribution in [0.1, 0.15) is 31.2 Å². The number of rotatable bonds is 7. The topological polar surface area (TPSA) is 38.7 Å². The van der Waals surface area contributed by atoms with Crippen LogP contribution in [0.5, 0.6) is 5.75 Å². The summed E-state index contributed by atoms with van der Waals surface area (Å²) in [6, 6.07) is 8.34. The summed E-state index contributed by atoms with van der Waals surface area (Å²) in [5, 5.41) is 8.75. The first-order valence-electron chi connectivity index (χ1n) is 7.29. The summed E-state index contributed by atoms with van der Waals surface area (Å²) in [6.45, 7) is 2.83. The van der Waals surface area contributed by atoms with Crippen LogP contribution in [0.25, 0.3) is 0 Å². The number of hydrogen-bond acceptors (Lipinski definition) is 3. The fraction of sp³-hybridized carbons (Fsp3) is 0.625. The Morgan fingerprint density at radius 1 is 1.11 bits per heavy atom. The van der Waals surface area contributed by atoms with Crippen LogP contribution >= 0.6 is 0 Å². The molecule has 1 heterocycles. The highest BCUT2D eigenvalue weighted by Gasteiger charge is 2.14. The van der Waals surface area contributed by atoms with Crippen molar-refractivity contribution in [3.63, 3.8) is 0 Å². The zero-order valence-corrected chi connectivity index (χ0v) is 11.5. The normalized spacial score (nSPS) is 16.5. The monoisotopic (exact) mass is 264 g/mol. The number of aliphatic hydroxyl groups is 1. The van der Waals surface area contributed by atoms with Gasteiger partial charge in [-0.3, -0.25) is 0 Å². The molecule has 1 aromatic carbocycles. The van der Waals surface area contributed by atoms with Gasteiger partial charge in [-0.05, 0) is 55.7 Å². The van der Waals surface area contributed by atoms with Crippen LogP contribution in [0.2, 0.25) is 0 Å². The molecule has 0 unspecified atom stereocenters. The number of aliphatic hydroxyl groups excluding tert-OH is 1. The van der Waals surface area contributed by atoms with Crippen LogP contribution in [-0.2, 0) is 11.2 Å². The van der Waals surface area contributed by atoms with Gasteiger partial charge in [0.25, 0.3) is 0 Å². The third-order valence-electron chi connectivity index (χ3n) is 3.62. The van der Waals surface area contributed by atoms with Gasteiger partial charge in [0.2, 0.25) is 0 Å². The molecule has 0 spiro atoms. The van der Waals surface area contributed by atoms with Crippen molar-refractivity contribution in [3.8, 4) is 5.75 Å². The SMILES string of the molecule is OCCCCc1ccc(OCC2CCOCC2)cc1. The fourth-order valence-electron chi connectivity index (χ4n) is 2.32. The summed E-state index contributed by atoms with van der Waals surface area (Å²) >= 11 is 0. The number of benzene rings is 1. The van der Waals surface area contributed by atoms with Gasteiger partial charge in [-0.15, -0.1) is 0 Å². The second-order valence-electron chi connectivity index (χ2n) is 5.19. The van der Waals surface area contributed by atoms with Gasteiger partial charge in [0.15, 0.2) is 0 Å². The van der Waals surface area contributed by atoms with E-state index in [1.165, 1.54) is 5.56 Å². The highest BCUT2D eigenvalue weighted by molar-refractivity contribution is 5.27. The van der Waals surface area contributed by atoms with Crippen LogP contribution in [-0.4, -0.2) is 31.5 Å². The summed E-state index contributed by atoms with van der Waals surface area (Å²) in [5.74, 6) is 1.59. The van der Waals surface area contributed by atoms with Crippen molar-refractivity contribution in [1.82, 2.24) is 0 Å². The smallest absolute Gasteiger partial charge is 0.119 e. The first kappa shape index (κ1) is 14.4. The first-order chi connectivity index (χ1) is 9.38. The summed E-state index contributed by atoms with van der Waals surface area (Å²) in [7, 11) is 0. The van der Waals surface area contributed by atoms with Crippen molar-refractivity contribution >= 4 is 0 Å². The lowest BCUT2D eigenvalue weighted by Gasteiger charge is -2.22. The molecule has 3 heteroatoms. The van der Waals surface area contributed by atoms with Crippen molar-refractivity contribution in [1.29, 1.82) is 0 Å². The van der Waals surface area contributed by atoms with Gasteiger partial charge in [0.1, 0.15) is 5.75 Å². The molecule has 3 nitrogen and oxygen atoms in total. The van der Waals surface area contributed by atoms with Crippen LogP contribution in [0, 0.1) is 5.92 Å². The minimum absolute atomic E-state index is 0.284. The molecule has 19 heavy (non-hydrogen) atoms. The van der Waals surface area contributed by atoms with E-state index in [4.69, 9.17) is 14.6 Å². The molecule has 1 aliphatic heterocycles. The predicted octanol–water partition coefficient (Wildman–Crippen LogP) is 2.81. The highest BCUT2D eigenvalue weighted by atomic mass is 16.5. The van der Waals surface area contributed by atoms with E-state index in [-0.39, 0.29) is 6.61 Å². The molecule has 2 rings (SSSR count). The third kappa shape index (κ3) is 5.21. The van der Waals surface area contributed by atoms with Crippen molar-refractivity contribution in [3.05, 3.63) is 29.8 Å². The molecular formula is C16H24O3. The lowest BCUT2D eigenvalue weighted by atomic mass is 10.0. The van der Waals surface area contributed by atoms with Crippen LogP contribution in [0.15, 0.2) is 24.3 Å². The summed E-state index contributed by atoms with van der Waals surface area (Å²) in [4.78, 5) is 0. The molecular weight excluding hydrogens is 240 g/mol. The Bertz CT molecular complexity index is 342. The van der Waals surface area contributed by atoms with Gasteiger partial charge in [-0.1, -0.05) is 12.1 Å². The van der Waals surface area contributed by atoms with E-state index >= 15 is 0 Å². The lowest BCUT2D eigenvalue weighted by molar-refractivity contribution is 0.0497. The van der Waals surface area contributed by atoms with E-state index < -0.39 is 0 Å². The van der Waals surface area contributed by atoms with Gasteiger partial charge >= 0.3 is 0 Å². The fourth-order valence-corrected chi connectivity index (χ4v) is 2.32. The van der Waals surface area contributed by atoms with E-state index in [0.29, 0.717) is 5.92 Å². The zero-order chi connectivity index (χ0) is 13.3. The second-order valence-corrected chi connectivity index (χ2v) is 5.19. The molecule has 0 saturated carbocycles. The van der Waals surface area contributed by atoms with Gasteiger partial charge in [-0.25, -0.2) is 0 Å². The zero-order valence-electron chi connectivity index (χ0n) is 11.5.